The average molecular weight is 552 g/mol. The molecular weight excluding hydrogens is 518 g/mol. The summed E-state index contributed by atoms with van der Waals surface area (Å²) in [6.07, 6.45) is 6.15. The van der Waals surface area contributed by atoms with Gasteiger partial charge in [-0.3, -0.25) is 14.4 Å². The second-order valence-electron chi connectivity index (χ2n) is 9.94. The first-order chi connectivity index (χ1) is 19.2. The molecule has 0 aliphatic carbocycles. The minimum absolute atomic E-state index is 0.0309. The number of aromatic hydroxyl groups is 1. The summed E-state index contributed by atoms with van der Waals surface area (Å²) in [7, 11) is 1.44. The molecule has 0 saturated heterocycles. The molecule has 0 bridgehead atoms. The molecule has 2 atom stereocenters. The lowest BCUT2D eigenvalue weighted by atomic mass is 9.83. The van der Waals surface area contributed by atoms with Crippen molar-refractivity contribution in [1.29, 1.82) is 0 Å². The Kier molecular flexibility index (Phi) is 9.08. The summed E-state index contributed by atoms with van der Waals surface area (Å²) in [6.45, 7) is 1.36. The number of amides is 1. The van der Waals surface area contributed by atoms with E-state index in [0.717, 1.165) is 0 Å². The summed E-state index contributed by atoms with van der Waals surface area (Å²) in [6, 6.07) is 6.46. The van der Waals surface area contributed by atoms with E-state index in [0.29, 0.717) is 55.4 Å². The number of hydrogen-bond donors (Lipinski definition) is 2. The zero-order chi connectivity index (χ0) is 28.8. The summed E-state index contributed by atoms with van der Waals surface area (Å²) in [5, 5.41) is 11.6. The molecule has 0 fully saturated rings. The third-order valence-electron chi connectivity index (χ3n) is 6.94. The fourth-order valence-electron chi connectivity index (χ4n) is 4.98. The van der Waals surface area contributed by atoms with Gasteiger partial charge in [-0.15, -0.1) is 0 Å². The normalized spacial score (nSPS) is 19.9. The molecule has 0 spiro atoms. The van der Waals surface area contributed by atoms with Gasteiger partial charge in [0.25, 0.3) is 5.91 Å². The van der Waals surface area contributed by atoms with Gasteiger partial charge in [0.15, 0.2) is 18.1 Å². The maximum atomic E-state index is 13.4. The molecule has 3 N–H and O–H groups in total. The molecule has 0 radical (unpaired) electrons. The molecule has 2 aliphatic rings. The number of ether oxygens (including phenoxy) is 4. The lowest BCUT2D eigenvalue weighted by molar-refractivity contribution is -0.135. The molecule has 0 unspecified atom stereocenters. The molecule has 4 rings (SSSR count). The third-order valence-corrected chi connectivity index (χ3v) is 6.94. The summed E-state index contributed by atoms with van der Waals surface area (Å²) >= 11 is 0. The number of phenols is 1. The van der Waals surface area contributed by atoms with Crippen molar-refractivity contribution in [1.82, 2.24) is 0 Å². The second kappa shape index (κ2) is 12.7. The Balaban J connectivity index is 1.80. The lowest BCUT2D eigenvalue weighted by Gasteiger charge is -2.28. The topological polar surface area (TPSA) is 151 Å². The number of allylic oxidation sites excluding steroid dienone is 1. The van der Waals surface area contributed by atoms with Gasteiger partial charge in [0, 0.05) is 24.3 Å². The summed E-state index contributed by atoms with van der Waals surface area (Å²) in [5.74, 6) is -2.08. The van der Waals surface area contributed by atoms with Crippen molar-refractivity contribution in [2.75, 3.05) is 13.7 Å². The van der Waals surface area contributed by atoms with Crippen LogP contribution in [0.4, 0.5) is 0 Å². The highest BCUT2D eigenvalue weighted by Gasteiger charge is 2.36. The van der Waals surface area contributed by atoms with Crippen molar-refractivity contribution in [2.24, 2.45) is 5.73 Å². The van der Waals surface area contributed by atoms with Gasteiger partial charge in [-0.1, -0.05) is 18.2 Å². The number of cyclic esters (lactones) is 1. The van der Waals surface area contributed by atoms with E-state index in [9.17, 15) is 24.3 Å². The van der Waals surface area contributed by atoms with E-state index in [4.69, 9.17) is 24.7 Å². The third kappa shape index (κ3) is 6.62. The molecule has 10 nitrogen and oxygen atoms in total. The Bertz CT molecular complexity index is 1350. The zero-order valence-corrected chi connectivity index (χ0v) is 22.6. The first-order valence-corrected chi connectivity index (χ1v) is 13.3. The predicted molar refractivity (Wildman–Crippen MR) is 145 cm³/mol. The van der Waals surface area contributed by atoms with Gasteiger partial charge < -0.3 is 29.8 Å². The first kappa shape index (κ1) is 28.7. The highest BCUT2D eigenvalue weighted by Crippen LogP contribution is 2.48. The number of nitrogens with two attached hydrogens (primary N) is 1. The van der Waals surface area contributed by atoms with Crippen LogP contribution in [-0.2, 0) is 19.1 Å². The standard InChI is InChI=1S/C30H33NO9/c1-17-7-6-10-20(32)9-5-3-4-8-19-14-24-28(29(35)27(19)30(36)39-17)21(15-26(34)40-24)18-11-12-22(37-2)23(13-18)38-16-25(31)33/h4,8,11-14,17,21,35H,3,5-7,9-10,15-16H2,1-2H3,(H2,31,33)/t17-,21+/m1/s1. The van der Waals surface area contributed by atoms with E-state index in [1.807, 2.05) is 6.08 Å². The van der Waals surface area contributed by atoms with Crippen LogP contribution in [0, 0.1) is 0 Å². The van der Waals surface area contributed by atoms with E-state index >= 15 is 0 Å². The van der Waals surface area contributed by atoms with Crippen LogP contribution in [0.3, 0.4) is 0 Å². The smallest absolute Gasteiger partial charge is 0.342 e. The fourth-order valence-corrected chi connectivity index (χ4v) is 4.98. The first-order valence-electron chi connectivity index (χ1n) is 13.3. The average Bonchev–Trinajstić information content (AvgIpc) is 2.90. The predicted octanol–water partition coefficient (Wildman–Crippen LogP) is 4.19. The molecule has 1 amide bonds. The van der Waals surface area contributed by atoms with Gasteiger partial charge in [0.1, 0.15) is 22.8 Å². The zero-order valence-electron chi connectivity index (χ0n) is 22.6. The Labute approximate surface area is 232 Å². The van der Waals surface area contributed by atoms with Gasteiger partial charge in [-0.25, -0.2) is 4.79 Å². The molecule has 2 aromatic carbocycles. The SMILES string of the molecule is COc1ccc([C@@H]2CC(=O)Oc3cc4c(c(O)c32)C(=O)O[C@H](C)CCCC(=O)CCCC=C4)cc1OCC(N)=O. The number of ketones is 1. The number of carbonyl (C=O) groups is 4. The van der Waals surface area contributed by atoms with Crippen LogP contribution in [0.25, 0.3) is 6.08 Å². The van der Waals surface area contributed by atoms with Crippen LogP contribution in [0.1, 0.15) is 84.8 Å². The van der Waals surface area contributed by atoms with Crippen LogP contribution in [-0.4, -0.2) is 48.6 Å². The number of methoxy groups -OCH3 is 1. The minimum atomic E-state index is -0.716. The molecule has 2 aliphatic heterocycles. The van der Waals surface area contributed by atoms with E-state index in [1.165, 1.54) is 7.11 Å². The van der Waals surface area contributed by atoms with Crippen LogP contribution in [0.15, 0.2) is 30.3 Å². The number of primary amides is 1. The fraction of sp³-hybridized carbons (Fsp3) is 0.400. The van der Waals surface area contributed by atoms with Crippen molar-refractivity contribution >= 4 is 29.7 Å². The minimum Gasteiger partial charge on any atom is -0.507 e. The van der Waals surface area contributed by atoms with Gasteiger partial charge in [0.2, 0.25) is 0 Å². The number of fused-ring (bicyclic) bond motifs is 2. The van der Waals surface area contributed by atoms with Crippen LogP contribution < -0.4 is 19.9 Å². The highest BCUT2D eigenvalue weighted by atomic mass is 16.5. The molecular formula is C30H33NO9. The van der Waals surface area contributed by atoms with Gasteiger partial charge in [-0.2, -0.15) is 0 Å². The van der Waals surface area contributed by atoms with Crippen LogP contribution in [0.2, 0.25) is 0 Å². The summed E-state index contributed by atoms with van der Waals surface area (Å²) in [5.41, 5.74) is 6.36. The number of hydrogen-bond acceptors (Lipinski definition) is 9. The number of Topliss-reactive ketones (excluding diaryl/α,β-unsaturated/α-hetero) is 1. The van der Waals surface area contributed by atoms with Crippen molar-refractivity contribution in [3.8, 4) is 23.0 Å². The number of rotatable bonds is 5. The molecule has 10 heteroatoms. The van der Waals surface area contributed by atoms with E-state index < -0.39 is 29.9 Å². The largest absolute Gasteiger partial charge is 0.507 e. The van der Waals surface area contributed by atoms with Crippen molar-refractivity contribution in [2.45, 2.75) is 63.9 Å². The Morgan fingerprint density at radius 2 is 1.90 bits per heavy atom. The molecule has 212 valence electrons. The molecule has 0 saturated carbocycles. The van der Waals surface area contributed by atoms with Crippen molar-refractivity contribution in [3.05, 3.63) is 52.6 Å². The summed E-state index contributed by atoms with van der Waals surface area (Å²) in [4.78, 5) is 49.4. The molecule has 40 heavy (non-hydrogen) atoms. The van der Waals surface area contributed by atoms with Gasteiger partial charge in [0.05, 0.1) is 19.6 Å². The quantitative estimate of drug-likeness (QED) is 0.412. The second-order valence-corrected chi connectivity index (χ2v) is 9.94. The number of carbonyl (C=O) groups excluding carboxylic acids is 4. The number of benzene rings is 2. The molecule has 0 aromatic heterocycles. The molecule has 2 heterocycles. The monoisotopic (exact) mass is 551 g/mol. The van der Waals surface area contributed by atoms with Crippen molar-refractivity contribution < 1.29 is 43.2 Å². The van der Waals surface area contributed by atoms with E-state index in [2.05, 4.69) is 0 Å². The van der Waals surface area contributed by atoms with Crippen LogP contribution in [0.5, 0.6) is 23.0 Å². The van der Waals surface area contributed by atoms with Crippen molar-refractivity contribution in [3.63, 3.8) is 0 Å². The lowest BCUT2D eigenvalue weighted by Crippen LogP contribution is -2.23. The Hall–Kier alpha value is -4.34. The summed E-state index contributed by atoms with van der Waals surface area (Å²) < 4.78 is 22.0. The van der Waals surface area contributed by atoms with E-state index in [-0.39, 0.29) is 47.2 Å². The Morgan fingerprint density at radius 3 is 2.65 bits per heavy atom. The molecule has 2 aromatic rings. The van der Waals surface area contributed by atoms with E-state index in [1.54, 1.807) is 37.3 Å². The number of phenolic OH excluding ortho intramolecular Hbond substituents is 1. The Morgan fingerprint density at radius 1 is 1.12 bits per heavy atom. The van der Waals surface area contributed by atoms with Gasteiger partial charge in [-0.05, 0) is 61.9 Å². The number of esters is 2. The maximum Gasteiger partial charge on any atom is 0.342 e. The maximum absolute atomic E-state index is 13.4. The van der Waals surface area contributed by atoms with Gasteiger partial charge >= 0.3 is 11.9 Å². The highest BCUT2D eigenvalue weighted by molar-refractivity contribution is 5.98. The van der Waals surface area contributed by atoms with Crippen LogP contribution >= 0.6 is 0 Å².